The van der Waals surface area contributed by atoms with Gasteiger partial charge in [0.05, 0.1) is 18.3 Å². The summed E-state index contributed by atoms with van der Waals surface area (Å²) in [5.41, 5.74) is 6.11. The van der Waals surface area contributed by atoms with E-state index in [-0.39, 0.29) is 28.4 Å². The summed E-state index contributed by atoms with van der Waals surface area (Å²) in [5, 5.41) is 0. The number of fused-ring (bicyclic) bond motifs is 1. The number of methoxy groups -OCH3 is 1. The van der Waals surface area contributed by atoms with Crippen molar-refractivity contribution in [2.75, 3.05) is 12.8 Å². The summed E-state index contributed by atoms with van der Waals surface area (Å²) >= 11 is 0. The summed E-state index contributed by atoms with van der Waals surface area (Å²) in [5.74, 6) is -2.55. The average molecular weight is 293 g/mol. The Kier molecular flexibility index (Phi) is 2.97. The molecule has 0 fully saturated rings. The summed E-state index contributed by atoms with van der Waals surface area (Å²) < 4.78 is 47.0. The lowest BCUT2D eigenvalue weighted by Gasteiger charge is -2.12. The lowest BCUT2D eigenvalue weighted by atomic mass is 10.2. The minimum Gasteiger partial charge on any atom is -0.494 e. The zero-order valence-electron chi connectivity index (χ0n) is 10.9. The molecule has 1 aromatic heterocycles. The number of anilines is 1. The summed E-state index contributed by atoms with van der Waals surface area (Å²) in [6, 6.07) is 5.93. The third-order valence-electron chi connectivity index (χ3n) is 3.12. The fourth-order valence-corrected chi connectivity index (χ4v) is 2.20. The number of imidazole rings is 1. The molecule has 0 aliphatic heterocycles. The highest BCUT2D eigenvalue weighted by molar-refractivity contribution is 5.82. The van der Waals surface area contributed by atoms with Crippen molar-refractivity contribution in [3.8, 4) is 11.4 Å². The van der Waals surface area contributed by atoms with Crippen LogP contribution in [0, 0.1) is 17.5 Å². The zero-order chi connectivity index (χ0) is 15.1. The minimum absolute atomic E-state index is 0.0561. The summed E-state index contributed by atoms with van der Waals surface area (Å²) in [7, 11) is 1.34. The molecule has 21 heavy (non-hydrogen) atoms. The molecule has 0 saturated heterocycles. The zero-order valence-corrected chi connectivity index (χ0v) is 10.9. The van der Waals surface area contributed by atoms with Crippen molar-refractivity contribution in [3.05, 3.63) is 47.8 Å². The molecular formula is C14H10F3N3O. The van der Waals surface area contributed by atoms with Gasteiger partial charge in [-0.1, -0.05) is 0 Å². The second-order valence-electron chi connectivity index (χ2n) is 4.35. The largest absolute Gasteiger partial charge is 0.494 e. The van der Waals surface area contributed by atoms with E-state index >= 15 is 0 Å². The van der Waals surface area contributed by atoms with E-state index in [1.165, 1.54) is 29.9 Å². The number of hydrogen-bond donors (Lipinski definition) is 1. The third kappa shape index (κ3) is 1.97. The second kappa shape index (κ2) is 4.69. The van der Waals surface area contributed by atoms with Crippen molar-refractivity contribution in [3.63, 3.8) is 0 Å². The molecule has 4 nitrogen and oxygen atoms in total. The molecule has 0 spiro atoms. The molecule has 7 heteroatoms. The second-order valence-corrected chi connectivity index (χ2v) is 4.35. The van der Waals surface area contributed by atoms with Crippen LogP contribution in [0.25, 0.3) is 16.7 Å². The highest BCUT2D eigenvalue weighted by atomic mass is 19.2. The molecule has 0 aliphatic carbocycles. The minimum atomic E-state index is -1.08. The maximum atomic E-state index is 14.1. The van der Waals surface area contributed by atoms with Crippen LogP contribution in [0.1, 0.15) is 0 Å². The van der Waals surface area contributed by atoms with E-state index in [2.05, 4.69) is 4.98 Å². The van der Waals surface area contributed by atoms with Gasteiger partial charge in [0, 0.05) is 6.07 Å². The third-order valence-corrected chi connectivity index (χ3v) is 3.12. The lowest BCUT2D eigenvalue weighted by Crippen LogP contribution is -2.04. The van der Waals surface area contributed by atoms with Crippen molar-refractivity contribution >= 4 is 17.0 Å². The first kappa shape index (κ1) is 13.3. The van der Waals surface area contributed by atoms with Gasteiger partial charge < -0.3 is 10.5 Å². The van der Waals surface area contributed by atoms with Gasteiger partial charge in [-0.3, -0.25) is 4.57 Å². The first-order valence-corrected chi connectivity index (χ1v) is 5.98. The van der Waals surface area contributed by atoms with Gasteiger partial charge in [0.15, 0.2) is 11.6 Å². The number of benzene rings is 2. The van der Waals surface area contributed by atoms with Crippen LogP contribution >= 0.6 is 0 Å². The van der Waals surface area contributed by atoms with Crippen molar-refractivity contribution in [2.24, 2.45) is 0 Å². The SMILES string of the molecule is COc1cc(F)ccc1-n1c(N)nc2ccc(F)c(F)c21. The monoisotopic (exact) mass is 293 g/mol. The number of rotatable bonds is 2. The first-order chi connectivity index (χ1) is 10.0. The number of nitrogens with zero attached hydrogens (tertiary/aromatic N) is 2. The van der Waals surface area contributed by atoms with Gasteiger partial charge >= 0.3 is 0 Å². The predicted octanol–water partition coefficient (Wildman–Crippen LogP) is 3.03. The predicted molar refractivity (Wildman–Crippen MR) is 71.9 cm³/mol. The quantitative estimate of drug-likeness (QED) is 0.790. The lowest BCUT2D eigenvalue weighted by molar-refractivity contribution is 0.409. The van der Waals surface area contributed by atoms with Crippen molar-refractivity contribution < 1.29 is 17.9 Å². The maximum absolute atomic E-state index is 14.1. The average Bonchev–Trinajstić information content (AvgIpc) is 2.80. The number of nitrogen functional groups attached to an aromatic ring is 1. The smallest absolute Gasteiger partial charge is 0.206 e. The van der Waals surface area contributed by atoms with Crippen LogP contribution in [0.2, 0.25) is 0 Å². The number of nitrogens with two attached hydrogens (primary N) is 1. The molecule has 0 amide bonds. The Morgan fingerprint density at radius 2 is 1.90 bits per heavy atom. The van der Waals surface area contributed by atoms with Crippen LogP contribution in [0.5, 0.6) is 5.75 Å². The summed E-state index contributed by atoms with van der Waals surface area (Å²) in [6.45, 7) is 0. The topological polar surface area (TPSA) is 53.1 Å². The van der Waals surface area contributed by atoms with Gasteiger partial charge in [-0.25, -0.2) is 18.2 Å². The van der Waals surface area contributed by atoms with Gasteiger partial charge in [-0.15, -0.1) is 0 Å². The molecule has 0 radical (unpaired) electrons. The van der Waals surface area contributed by atoms with Crippen LogP contribution in [-0.2, 0) is 0 Å². The normalized spacial score (nSPS) is 11.0. The molecule has 1 heterocycles. The Bertz CT molecular complexity index is 845. The molecule has 0 bridgehead atoms. The highest BCUT2D eigenvalue weighted by Crippen LogP contribution is 2.31. The Balaban J connectivity index is 2.40. The number of ether oxygens (including phenoxy) is 1. The molecule has 0 atom stereocenters. The van der Waals surface area contributed by atoms with E-state index in [0.29, 0.717) is 0 Å². The molecule has 108 valence electrons. The highest BCUT2D eigenvalue weighted by Gasteiger charge is 2.19. The Labute approximate surface area is 117 Å². The van der Waals surface area contributed by atoms with Crippen LogP contribution in [0.15, 0.2) is 30.3 Å². The van der Waals surface area contributed by atoms with Gasteiger partial charge in [-0.2, -0.15) is 0 Å². The summed E-state index contributed by atoms with van der Waals surface area (Å²) in [4.78, 5) is 3.97. The van der Waals surface area contributed by atoms with Gasteiger partial charge in [0.1, 0.15) is 17.1 Å². The molecule has 0 aliphatic rings. The van der Waals surface area contributed by atoms with Crippen molar-refractivity contribution in [2.45, 2.75) is 0 Å². The van der Waals surface area contributed by atoms with E-state index in [1.807, 2.05) is 0 Å². The molecule has 3 aromatic rings. The van der Waals surface area contributed by atoms with Crippen LogP contribution in [0.4, 0.5) is 19.1 Å². The van der Waals surface area contributed by atoms with E-state index in [4.69, 9.17) is 10.5 Å². The first-order valence-electron chi connectivity index (χ1n) is 5.98. The van der Waals surface area contributed by atoms with E-state index in [1.54, 1.807) is 0 Å². The van der Waals surface area contributed by atoms with Crippen LogP contribution in [-0.4, -0.2) is 16.7 Å². The fraction of sp³-hybridized carbons (Fsp3) is 0.0714. The van der Waals surface area contributed by atoms with E-state index in [0.717, 1.165) is 12.1 Å². The Morgan fingerprint density at radius 1 is 1.14 bits per heavy atom. The van der Waals surface area contributed by atoms with Gasteiger partial charge in [0.2, 0.25) is 5.95 Å². The number of aromatic nitrogens is 2. The van der Waals surface area contributed by atoms with Crippen molar-refractivity contribution in [1.29, 1.82) is 0 Å². The molecule has 2 aromatic carbocycles. The van der Waals surface area contributed by atoms with Crippen molar-refractivity contribution in [1.82, 2.24) is 9.55 Å². The molecular weight excluding hydrogens is 283 g/mol. The molecule has 0 saturated carbocycles. The molecule has 3 rings (SSSR count). The molecule has 2 N–H and O–H groups in total. The number of hydrogen-bond acceptors (Lipinski definition) is 3. The maximum Gasteiger partial charge on any atom is 0.206 e. The molecule has 0 unspecified atom stereocenters. The Morgan fingerprint density at radius 3 is 2.62 bits per heavy atom. The van der Waals surface area contributed by atoms with Crippen LogP contribution < -0.4 is 10.5 Å². The summed E-state index contributed by atoms with van der Waals surface area (Å²) in [6.07, 6.45) is 0. The van der Waals surface area contributed by atoms with Gasteiger partial charge in [0.25, 0.3) is 0 Å². The van der Waals surface area contributed by atoms with E-state index in [9.17, 15) is 13.2 Å². The van der Waals surface area contributed by atoms with Crippen LogP contribution in [0.3, 0.4) is 0 Å². The Hall–Kier alpha value is -2.70. The standard InChI is InChI=1S/C14H10F3N3O/c1-21-11-6-7(15)2-5-10(11)20-13-9(19-14(20)18)4-3-8(16)12(13)17/h2-6H,1H3,(H2,18,19). The van der Waals surface area contributed by atoms with Gasteiger partial charge in [-0.05, 0) is 24.3 Å². The fourth-order valence-electron chi connectivity index (χ4n) is 2.20. The van der Waals surface area contributed by atoms with E-state index < -0.39 is 17.5 Å². The number of halogens is 3.